The number of nitrogens with zero attached hydrogens (tertiary/aromatic N) is 1. The number of Topliss-reactive ketones (excluding diaryl/α,β-unsaturated/α-hetero) is 1. The molecule has 1 N–H and O–H groups in total. The second-order valence-electron chi connectivity index (χ2n) is 6.24. The van der Waals surface area contributed by atoms with Crippen molar-refractivity contribution in [2.24, 2.45) is 11.3 Å². The maximum absolute atomic E-state index is 12.2. The van der Waals surface area contributed by atoms with E-state index in [1.165, 1.54) is 11.3 Å². The van der Waals surface area contributed by atoms with Crippen LogP contribution in [0.1, 0.15) is 41.8 Å². The Hall–Kier alpha value is -1.69. The van der Waals surface area contributed by atoms with Gasteiger partial charge in [-0.2, -0.15) is 0 Å². The lowest BCUT2D eigenvalue weighted by Crippen LogP contribution is -2.40. The molecule has 1 saturated heterocycles. The molecule has 1 saturated carbocycles. The average molecular weight is 321 g/mol. The molecule has 0 aromatic carbocycles. The van der Waals surface area contributed by atoms with Gasteiger partial charge >= 0.3 is 5.97 Å². The number of carboxylic acid groups (broad SMARTS) is 1. The third kappa shape index (κ3) is 2.92. The molecule has 1 aromatic rings. The summed E-state index contributed by atoms with van der Waals surface area (Å²) in [6, 6.07) is 3.61. The minimum absolute atomic E-state index is 0.00674. The van der Waals surface area contributed by atoms with Crippen LogP contribution in [0.4, 0.5) is 0 Å². The van der Waals surface area contributed by atoms with Crippen molar-refractivity contribution in [1.29, 1.82) is 0 Å². The van der Waals surface area contributed by atoms with E-state index in [-0.39, 0.29) is 35.9 Å². The molecule has 22 heavy (non-hydrogen) atoms. The second kappa shape index (κ2) is 5.83. The van der Waals surface area contributed by atoms with Crippen molar-refractivity contribution in [3.05, 3.63) is 22.4 Å². The number of rotatable bonds is 5. The number of carbonyl (C=O) groups is 3. The minimum atomic E-state index is -0.707. The first-order chi connectivity index (χ1) is 10.5. The Bertz CT molecular complexity index is 587. The van der Waals surface area contributed by atoms with Gasteiger partial charge in [-0.3, -0.25) is 14.4 Å². The molecule has 118 valence electrons. The molecule has 1 aromatic heterocycles. The first-order valence-corrected chi connectivity index (χ1v) is 8.47. The zero-order valence-electron chi connectivity index (χ0n) is 12.3. The Morgan fingerprint density at radius 1 is 1.27 bits per heavy atom. The molecular weight excluding hydrogens is 302 g/mol. The number of hydrogen-bond acceptors (Lipinski definition) is 4. The summed E-state index contributed by atoms with van der Waals surface area (Å²) in [4.78, 5) is 37.6. The van der Waals surface area contributed by atoms with Crippen LogP contribution in [-0.2, 0) is 9.59 Å². The number of aliphatic carboxylic acids is 1. The number of carboxylic acids is 1. The molecule has 1 aliphatic heterocycles. The summed E-state index contributed by atoms with van der Waals surface area (Å²) in [6.07, 6.45) is 2.79. The summed E-state index contributed by atoms with van der Waals surface area (Å²) >= 11 is 1.40. The van der Waals surface area contributed by atoms with Crippen LogP contribution < -0.4 is 0 Å². The molecule has 0 bridgehead atoms. The van der Waals surface area contributed by atoms with Crippen molar-refractivity contribution in [1.82, 2.24) is 4.90 Å². The van der Waals surface area contributed by atoms with Gasteiger partial charge in [-0.05, 0) is 36.1 Å². The fraction of sp³-hybridized carbons (Fsp3) is 0.562. The maximum atomic E-state index is 12.2. The number of amides is 1. The lowest BCUT2D eigenvalue weighted by molar-refractivity contribution is -0.139. The quantitative estimate of drug-likeness (QED) is 0.845. The second-order valence-corrected chi connectivity index (χ2v) is 7.19. The molecule has 3 rings (SSSR count). The van der Waals surface area contributed by atoms with Gasteiger partial charge in [0.05, 0.1) is 10.8 Å². The summed E-state index contributed by atoms with van der Waals surface area (Å²) < 4.78 is 0. The third-order valence-corrected chi connectivity index (χ3v) is 5.87. The summed E-state index contributed by atoms with van der Waals surface area (Å²) in [5, 5.41) is 10.9. The van der Waals surface area contributed by atoms with Crippen molar-refractivity contribution in [2.45, 2.75) is 32.1 Å². The van der Waals surface area contributed by atoms with Crippen molar-refractivity contribution >= 4 is 29.0 Å². The summed E-state index contributed by atoms with van der Waals surface area (Å²) in [6.45, 7) is 1.24. The highest BCUT2D eigenvalue weighted by molar-refractivity contribution is 7.12. The fourth-order valence-corrected chi connectivity index (χ4v) is 4.08. The first-order valence-electron chi connectivity index (χ1n) is 7.59. The van der Waals surface area contributed by atoms with Crippen molar-refractivity contribution in [2.75, 3.05) is 13.1 Å². The van der Waals surface area contributed by atoms with Crippen LogP contribution in [-0.4, -0.2) is 40.8 Å². The van der Waals surface area contributed by atoms with E-state index >= 15 is 0 Å². The number of carbonyl (C=O) groups excluding carboxylic acids is 2. The molecule has 0 radical (unpaired) electrons. The molecular formula is C16H19NO4S. The highest BCUT2D eigenvalue weighted by Gasteiger charge is 2.59. The van der Waals surface area contributed by atoms with E-state index in [2.05, 4.69) is 0 Å². The maximum Gasteiger partial charge on any atom is 0.307 e. The predicted octanol–water partition coefficient (Wildman–Crippen LogP) is 2.42. The zero-order chi connectivity index (χ0) is 15.7. The molecule has 2 heterocycles. The van der Waals surface area contributed by atoms with Gasteiger partial charge in [-0.1, -0.05) is 6.07 Å². The lowest BCUT2D eigenvalue weighted by Gasteiger charge is -2.32. The molecule has 2 aliphatic rings. The summed E-state index contributed by atoms with van der Waals surface area (Å²) in [5.41, 5.74) is -0.0601. The largest absolute Gasteiger partial charge is 0.481 e. The molecule has 5 nitrogen and oxygen atoms in total. The van der Waals surface area contributed by atoms with Crippen molar-refractivity contribution < 1.29 is 19.5 Å². The number of thiophene rings is 1. The number of hydrogen-bond donors (Lipinski definition) is 1. The van der Waals surface area contributed by atoms with Crippen LogP contribution in [0.15, 0.2) is 17.5 Å². The van der Waals surface area contributed by atoms with E-state index in [4.69, 9.17) is 5.11 Å². The van der Waals surface area contributed by atoms with E-state index in [0.717, 1.165) is 19.3 Å². The Morgan fingerprint density at radius 3 is 2.55 bits per heavy atom. The predicted molar refractivity (Wildman–Crippen MR) is 81.9 cm³/mol. The highest BCUT2D eigenvalue weighted by Crippen LogP contribution is 2.59. The van der Waals surface area contributed by atoms with Crippen LogP contribution in [0.2, 0.25) is 0 Å². The average Bonchev–Trinajstić information content (AvgIpc) is 2.97. The van der Waals surface area contributed by atoms with Crippen LogP contribution in [0, 0.1) is 11.3 Å². The van der Waals surface area contributed by atoms with E-state index in [9.17, 15) is 14.4 Å². The number of likely N-dealkylation sites (tertiary alicyclic amines) is 1. The fourth-order valence-electron chi connectivity index (χ4n) is 3.39. The topological polar surface area (TPSA) is 74.7 Å². The van der Waals surface area contributed by atoms with Gasteiger partial charge in [-0.25, -0.2) is 0 Å². The van der Waals surface area contributed by atoms with E-state index in [1.54, 1.807) is 11.0 Å². The molecule has 6 heteroatoms. The van der Waals surface area contributed by atoms with Gasteiger partial charge < -0.3 is 10.0 Å². The summed E-state index contributed by atoms with van der Waals surface area (Å²) in [7, 11) is 0. The lowest BCUT2D eigenvalue weighted by atomic mass is 9.90. The zero-order valence-corrected chi connectivity index (χ0v) is 13.1. The van der Waals surface area contributed by atoms with Gasteiger partial charge in [0.2, 0.25) is 5.91 Å². The van der Waals surface area contributed by atoms with E-state index in [0.29, 0.717) is 18.0 Å². The Kier molecular flexibility index (Phi) is 4.04. The molecule has 1 spiro atoms. The molecule has 1 unspecified atom stereocenters. The Morgan fingerprint density at radius 2 is 2.00 bits per heavy atom. The van der Waals surface area contributed by atoms with E-state index in [1.807, 2.05) is 11.4 Å². The van der Waals surface area contributed by atoms with Gasteiger partial charge in [0.15, 0.2) is 5.78 Å². The monoisotopic (exact) mass is 321 g/mol. The molecule has 1 amide bonds. The van der Waals surface area contributed by atoms with Gasteiger partial charge in [-0.15, -0.1) is 11.3 Å². The molecule has 2 fully saturated rings. The third-order valence-electron chi connectivity index (χ3n) is 4.96. The molecule has 1 atom stereocenters. The van der Waals surface area contributed by atoms with Gasteiger partial charge in [0.25, 0.3) is 0 Å². The highest BCUT2D eigenvalue weighted by atomic mass is 32.1. The normalized spacial score (nSPS) is 22.5. The van der Waals surface area contributed by atoms with Gasteiger partial charge in [0, 0.05) is 25.9 Å². The number of ketones is 1. The van der Waals surface area contributed by atoms with Crippen LogP contribution in [0.3, 0.4) is 0 Å². The Balaban J connectivity index is 1.45. The minimum Gasteiger partial charge on any atom is -0.481 e. The SMILES string of the molecule is O=C(CCC(=O)N1CCC2(CC1)CC2C(=O)O)c1cccs1. The molecule has 1 aliphatic carbocycles. The summed E-state index contributed by atoms with van der Waals surface area (Å²) in [5.74, 6) is -0.899. The first kappa shape index (κ1) is 15.2. The van der Waals surface area contributed by atoms with Crippen molar-refractivity contribution in [3.63, 3.8) is 0 Å². The smallest absolute Gasteiger partial charge is 0.307 e. The number of piperidine rings is 1. The van der Waals surface area contributed by atoms with Gasteiger partial charge in [0.1, 0.15) is 0 Å². The van der Waals surface area contributed by atoms with E-state index < -0.39 is 5.97 Å². The Labute approximate surface area is 132 Å². The van der Waals surface area contributed by atoms with Crippen LogP contribution in [0.25, 0.3) is 0 Å². The van der Waals surface area contributed by atoms with Crippen molar-refractivity contribution in [3.8, 4) is 0 Å². The standard InChI is InChI=1S/C16H19NO4S/c18-12(13-2-1-9-22-13)3-4-14(19)17-7-5-16(6-8-17)10-11(16)15(20)21/h1-2,9,11H,3-8,10H2,(H,20,21). The van der Waals surface area contributed by atoms with Crippen LogP contribution >= 0.6 is 11.3 Å². The van der Waals surface area contributed by atoms with Crippen LogP contribution in [0.5, 0.6) is 0 Å².